The van der Waals surface area contributed by atoms with Gasteiger partial charge in [0.15, 0.2) is 5.78 Å². The number of para-hydroxylation sites is 1. The van der Waals surface area contributed by atoms with E-state index in [0.29, 0.717) is 24.4 Å². The molecule has 3 heterocycles. The van der Waals surface area contributed by atoms with Crippen molar-refractivity contribution in [1.82, 2.24) is 9.97 Å². The highest BCUT2D eigenvalue weighted by Gasteiger charge is 2.31. The number of H-pyrrole nitrogens is 1. The molecule has 2 N–H and O–H groups in total. The van der Waals surface area contributed by atoms with Crippen LogP contribution >= 0.6 is 0 Å². The van der Waals surface area contributed by atoms with Gasteiger partial charge in [0.2, 0.25) is 5.95 Å². The summed E-state index contributed by atoms with van der Waals surface area (Å²) < 4.78 is 0. The lowest BCUT2D eigenvalue weighted by atomic mass is 9.82. The summed E-state index contributed by atoms with van der Waals surface area (Å²) in [5, 5.41) is 10.2. The van der Waals surface area contributed by atoms with E-state index in [-0.39, 0.29) is 17.5 Å². The van der Waals surface area contributed by atoms with Crippen LogP contribution in [0, 0.1) is 0 Å². The number of nitrogens with zero attached hydrogens (tertiary/aromatic N) is 4. The van der Waals surface area contributed by atoms with Gasteiger partial charge in [-0.25, -0.2) is 15.0 Å². The van der Waals surface area contributed by atoms with Crippen molar-refractivity contribution in [2.24, 2.45) is 0 Å². The van der Waals surface area contributed by atoms with Crippen LogP contribution in [0.4, 0.5) is 11.8 Å². The third kappa shape index (κ3) is 3.47. The highest BCUT2D eigenvalue weighted by molar-refractivity contribution is 5.98. The Hall–Kier alpha value is -3.48. The fourth-order valence-corrected chi connectivity index (χ4v) is 4.37. The molecule has 30 heavy (non-hydrogen) atoms. The van der Waals surface area contributed by atoms with E-state index in [2.05, 4.69) is 25.8 Å². The van der Waals surface area contributed by atoms with Crippen molar-refractivity contribution in [2.45, 2.75) is 18.8 Å². The summed E-state index contributed by atoms with van der Waals surface area (Å²) in [4.78, 5) is 29.7. The highest BCUT2D eigenvalue weighted by Crippen LogP contribution is 2.36. The molecule has 1 aliphatic heterocycles. The number of benzene rings is 1. The molecule has 7 heteroatoms. The molecular weight excluding hydrogens is 378 g/mol. The normalized spacial score (nSPS) is 18.9. The Morgan fingerprint density at radius 2 is 1.73 bits per heavy atom. The maximum Gasteiger partial charge on any atom is 0.274 e. The average Bonchev–Trinajstić information content (AvgIpc) is 2.80. The van der Waals surface area contributed by atoms with Crippen molar-refractivity contribution in [3.05, 3.63) is 71.7 Å². The standard InChI is InChI=1S/C23H23N5O2/c29-20-6-2-1-5-17(20)16-13-19-18(21(30)14-16)15-25-23(26-19)28-11-9-27(10-12-28)22-7-3-4-8-24-22/h1-8,15-16,29H,9-14H2/p+1/t16-/m0/s1. The number of phenols is 1. The van der Waals surface area contributed by atoms with Gasteiger partial charge in [-0.05, 0) is 24.1 Å². The molecule has 2 aromatic heterocycles. The van der Waals surface area contributed by atoms with E-state index < -0.39 is 0 Å². The summed E-state index contributed by atoms with van der Waals surface area (Å²) in [7, 11) is 0. The molecule has 1 aliphatic carbocycles. The first kappa shape index (κ1) is 18.5. The van der Waals surface area contributed by atoms with E-state index in [4.69, 9.17) is 4.98 Å². The molecule has 0 bridgehead atoms. The maximum atomic E-state index is 12.7. The fraction of sp³-hybridized carbons (Fsp3) is 0.304. The van der Waals surface area contributed by atoms with Gasteiger partial charge < -0.3 is 10.0 Å². The number of Topliss-reactive ketones (excluding diaryl/α,β-unsaturated/α-hetero) is 1. The van der Waals surface area contributed by atoms with Crippen LogP contribution in [0.15, 0.2) is 54.9 Å². The minimum absolute atomic E-state index is 0.0421. The summed E-state index contributed by atoms with van der Waals surface area (Å²) in [6.45, 7) is 3.39. The van der Waals surface area contributed by atoms with E-state index in [1.807, 2.05) is 30.5 Å². The van der Waals surface area contributed by atoms with E-state index >= 15 is 0 Å². The molecule has 0 amide bonds. The van der Waals surface area contributed by atoms with Gasteiger partial charge in [-0.2, -0.15) is 0 Å². The van der Waals surface area contributed by atoms with Gasteiger partial charge in [-0.1, -0.05) is 24.3 Å². The highest BCUT2D eigenvalue weighted by atomic mass is 16.3. The molecular formula is C23H24N5O2+. The van der Waals surface area contributed by atoms with E-state index in [1.165, 1.54) is 0 Å². The molecule has 1 saturated heterocycles. The second kappa shape index (κ2) is 7.74. The number of nitrogens with one attached hydrogen (secondary N) is 1. The Labute approximate surface area is 175 Å². The molecule has 0 spiro atoms. The number of anilines is 2. The summed E-state index contributed by atoms with van der Waals surface area (Å²) in [6, 6.07) is 13.3. The molecule has 7 nitrogen and oxygen atoms in total. The Morgan fingerprint density at radius 3 is 2.50 bits per heavy atom. The summed E-state index contributed by atoms with van der Waals surface area (Å²) in [6.07, 6.45) is 4.62. The van der Waals surface area contributed by atoms with E-state index in [9.17, 15) is 9.90 Å². The number of piperazine rings is 1. The van der Waals surface area contributed by atoms with Crippen LogP contribution in [0.3, 0.4) is 0 Å². The number of carbonyl (C=O) groups is 1. The van der Waals surface area contributed by atoms with Crippen LogP contribution < -0.4 is 14.8 Å². The molecule has 1 atom stereocenters. The Bertz CT molecular complexity index is 1060. The molecule has 0 unspecified atom stereocenters. The molecule has 152 valence electrons. The van der Waals surface area contributed by atoms with Gasteiger partial charge in [0.25, 0.3) is 5.82 Å². The zero-order valence-corrected chi connectivity index (χ0v) is 16.7. The number of rotatable bonds is 3. The lowest BCUT2D eigenvalue weighted by Crippen LogP contribution is -2.48. The first-order chi connectivity index (χ1) is 14.7. The number of carbonyl (C=O) groups excluding carboxylic acids is 1. The molecule has 2 aliphatic rings. The van der Waals surface area contributed by atoms with Crippen molar-refractivity contribution in [3.63, 3.8) is 0 Å². The average molecular weight is 402 g/mol. The van der Waals surface area contributed by atoms with E-state index in [1.54, 1.807) is 18.3 Å². The number of fused-ring (bicyclic) bond motifs is 1. The van der Waals surface area contributed by atoms with Crippen LogP contribution in [0.2, 0.25) is 0 Å². The van der Waals surface area contributed by atoms with E-state index in [0.717, 1.165) is 43.3 Å². The predicted molar refractivity (Wildman–Crippen MR) is 113 cm³/mol. The second-order valence-electron chi connectivity index (χ2n) is 7.84. The molecule has 3 aromatic rings. The van der Waals surface area contributed by atoms with Crippen LogP contribution in [-0.4, -0.2) is 47.0 Å². The first-order valence-corrected chi connectivity index (χ1v) is 10.3. The zero-order valence-electron chi connectivity index (χ0n) is 16.7. The van der Waals surface area contributed by atoms with Crippen LogP contribution in [0.1, 0.15) is 34.0 Å². The van der Waals surface area contributed by atoms with Crippen molar-refractivity contribution in [3.8, 4) is 5.75 Å². The van der Waals surface area contributed by atoms with Crippen molar-refractivity contribution >= 4 is 17.5 Å². The smallest absolute Gasteiger partial charge is 0.274 e. The number of aromatic hydroxyl groups is 1. The number of ketones is 1. The Kier molecular flexibility index (Phi) is 4.78. The van der Waals surface area contributed by atoms with Gasteiger partial charge in [0, 0.05) is 24.6 Å². The number of pyridine rings is 1. The van der Waals surface area contributed by atoms with Gasteiger partial charge in [0.05, 0.1) is 30.5 Å². The Morgan fingerprint density at radius 1 is 0.967 bits per heavy atom. The van der Waals surface area contributed by atoms with Crippen LogP contribution in [0.25, 0.3) is 0 Å². The fourth-order valence-electron chi connectivity index (χ4n) is 4.37. The molecule has 0 radical (unpaired) electrons. The number of phenolic OH excluding ortho intramolecular Hbond substituents is 1. The largest absolute Gasteiger partial charge is 0.508 e. The zero-order chi connectivity index (χ0) is 20.5. The Balaban J connectivity index is 1.34. The van der Waals surface area contributed by atoms with Crippen molar-refractivity contribution in [1.29, 1.82) is 0 Å². The maximum absolute atomic E-state index is 12.7. The summed E-state index contributed by atoms with van der Waals surface area (Å²) in [5.41, 5.74) is 2.20. The molecule has 5 rings (SSSR count). The van der Waals surface area contributed by atoms with Crippen LogP contribution in [-0.2, 0) is 6.42 Å². The lowest BCUT2D eigenvalue weighted by Gasteiger charge is -2.31. The summed E-state index contributed by atoms with van der Waals surface area (Å²) >= 11 is 0. The van der Waals surface area contributed by atoms with Gasteiger partial charge >= 0.3 is 0 Å². The molecule has 1 aromatic carbocycles. The monoisotopic (exact) mass is 402 g/mol. The van der Waals surface area contributed by atoms with Gasteiger partial charge in [0.1, 0.15) is 18.8 Å². The summed E-state index contributed by atoms with van der Waals surface area (Å²) in [5.74, 6) is 2.01. The number of hydrogen-bond acceptors (Lipinski definition) is 6. The third-order valence-corrected chi connectivity index (χ3v) is 6.00. The van der Waals surface area contributed by atoms with Gasteiger partial charge in [-0.3, -0.25) is 9.69 Å². The van der Waals surface area contributed by atoms with Crippen molar-refractivity contribution in [2.75, 3.05) is 36.0 Å². The van der Waals surface area contributed by atoms with Crippen LogP contribution in [0.5, 0.6) is 5.75 Å². The minimum Gasteiger partial charge on any atom is -0.508 e. The number of hydrogen-bond donors (Lipinski definition) is 1. The quantitative estimate of drug-likeness (QED) is 0.723. The lowest BCUT2D eigenvalue weighted by molar-refractivity contribution is -0.364. The second-order valence-corrected chi connectivity index (χ2v) is 7.84. The van der Waals surface area contributed by atoms with Gasteiger partial charge in [-0.15, -0.1) is 0 Å². The van der Waals surface area contributed by atoms with Crippen molar-refractivity contribution < 1.29 is 14.9 Å². The number of aromatic nitrogens is 3. The molecule has 1 fully saturated rings. The molecule has 0 saturated carbocycles. The first-order valence-electron chi connectivity index (χ1n) is 10.3. The topological polar surface area (TPSA) is 83.7 Å². The minimum atomic E-state index is -0.0561. The SMILES string of the molecule is O=C1C[C@@H](c2ccccc2O)Cc2nc(N3CCN(c4cccc[nH+]4)CC3)ncc21. The predicted octanol–water partition coefficient (Wildman–Crippen LogP) is 2.24. The number of aromatic amines is 1. The third-order valence-electron chi connectivity index (χ3n) is 6.00.